The van der Waals surface area contributed by atoms with Crippen molar-refractivity contribution < 1.29 is 22.8 Å². The van der Waals surface area contributed by atoms with Crippen molar-refractivity contribution in [3.8, 4) is 0 Å². The zero-order chi connectivity index (χ0) is 24.2. The largest absolute Gasteiger partial charge is 0.384 e. The quantitative estimate of drug-likeness (QED) is 0.269. The minimum atomic E-state index is -3.16. The average Bonchev–Trinajstić information content (AvgIpc) is 2.79. The number of halogens is 3. The molecule has 0 aliphatic carbocycles. The van der Waals surface area contributed by atoms with Gasteiger partial charge in [0.25, 0.3) is 11.7 Å². The molecule has 176 valence electrons. The second-order valence-electron chi connectivity index (χ2n) is 7.96. The van der Waals surface area contributed by atoms with Gasteiger partial charge in [-0.05, 0) is 49.2 Å². The number of alkyl halides is 3. The molecule has 1 fully saturated rings. The molecular weight excluding hydrogens is 435 g/mol. The van der Waals surface area contributed by atoms with Crippen LogP contribution in [0.4, 0.5) is 30.2 Å². The highest BCUT2D eigenvalue weighted by molar-refractivity contribution is 6.00. The highest BCUT2D eigenvalue weighted by Crippen LogP contribution is 2.32. The van der Waals surface area contributed by atoms with Crippen LogP contribution in [0.2, 0.25) is 0 Å². The summed E-state index contributed by atoms with van der Waals surface area (Å²) in [5.74, 6) is -6.75. The molecule has 2 atom stereocenters. The molecule has 2 amide bonds. The smallest absolute Gasteiger partial charge is 0.283 e. The normalized spacial score (nSPS) is 16.8. The number of piperidine rings is 1. The number of rotatable bonds is 8. The zero-order valence-corrected chi connectivity index (χ0v) is 18.1. The molecule has 0 saturated carbocycles. The molecule has 2 unspecified atom stereocenters. The van der Waals surface area contributed by atoms with Crippen LogP contribution in [0, 0.1) is 11.3 Å². The molecule has 7 nitrogen and oxygen atoms in total. The Kier molecular flexibility index (Phi) is 7.25. The molecule has 10 heteroatoms. The van der Waals surface area contributed by atoms with E-state index in [0.717, 1.165) is 19.8 Å². The van der Waals surface area contributed by atoms with E-state index in [4.69, 9.17) is 11.1 Å². The van der Waals surface area contributed by atoms with E-state index >= 15 is 4.39 Å². The lowest BCUT2D eigenvalue weighted by Crippen LogP contribution is -2.53. The number of hydrogen-bond donors (Lipinski definition) is 4. The lowest BCUT2D eigenvalue weighted by molar-refractivity contribution is -0.132. The Morgan fingerprint density at radius 3 is 2.45 bits per heavy atom. The number of hydrogen-bond acceptors (Lipinski definition) is 4. The van der Waals surface area contributed by atoms with Crippen LogP contribution in [-0.2, 0) is 9.59 Å². The van der Waals surface area contributed by atoms with Crippen molar-refractivity contribution in [1.82, 2.24) is 0 Å². The number of nitrogen functional groups attached to an aromatic ring is 1. The minimum absolute atomic E-state index is 0.00330. The van der Waals surface area contributed by atoms with E-state index in [9.17, 15) is 18.4 Å². The van der Waals surface area contributed by atoms with Gasteiger partial charge in [0.15, 0.2) is 0 Å². The molecule has 33 heavy (non-hydrogen) atoms. The third-order valence-electron chi connectivity index (χ3n) is 5.60. The van der Waals surface area contributed by atoms with Gasteiger partial charge in [0, 0.05) is 35.6 Å². The van der Waals surface area contributed by atoms with Crippen molar-refractivity contribution in [2.45, 2.75) is 38.4 Å². The van der Waals surface area contributed by atoms with E-state index in [0.29, 0.717) is 18.7 Å². The lowest BCUT2D eigenvalue weighted by atomic mass is 9.97. The molecule has 1 heterocycles. The van der Waals surface area contributed by atoms with Gasteiger partial charge in [-0.15, -0.1) is 0 Å². The average molecular weight is 461 g/mol. The summed E-state index contributed by atoms with van der Waals surface area (Å²) in [6, 6.07) is 11.8. The van der Waals surface area contributed by atoms with E-state index in [2.05, 4.69) is 10.6 Å². The maximum atomic E-state index is 15.8. The summed E-state index contributed by atoms with van der Waals surface area (Å²) in [5, 5.41) is 12.1. The molecule has 1 saturated heterocycles. The van der Waals surface area contributed by atoms with Gasteiger partial charge >= 0.3 is 0 Å². The fraction of sp³-hybridized carbons (Fsp3) is 0.348. The SMILES string of the molecule is CC(C(F)F)C(F)(Nc1cccc(C(=N)N)c1)C(=O)Nc1ccc(N2CCCCC2=O)cc1. The number of nitrogens with two attached hydrogens (primary N) is 1. The van der Waals surface area contributed by atoms with Gasteiger partial charge in [-0.3, -0.25) is 15.0 Å². The summed E-state index contributed by atoms with van der Waals surface area (Å²) in [6.45, 7) is 1.52. The summed E-state index contributed by atoms with van der Waals surface area (Å²) in [6.07, 6.45) is -0.939. The fourth-order valence-corrected chi connectivity index (χ4v) is 3.55. The van der Waals surface area contributed by atoms with Crippen molar-refractivity contribution >= 4 is 34.7 Å². The Balaban J connectivity index is 1.81. The Hall–Kier alpha value is -3.56. The van der Waals surface area contributed by atoms with E-state index in [1.165, 1.54) is 36.4 Å². The molecule has 0 aromatic heterocycles. The molecule has 0 bridgehead atoms. The Labute approximate surface area is 189 Å². The molecule has 2 aromatic carbocycles. The Bertz CT molecular complexity index is 1030. The van der Waals surface area contributed by atoms with Crippen molar-refractivity contribution in [3.63, 3.8) is 0 Å². The van der Waals surface area contributed by atoms with Gasteiger partial charge in [-0.25, -0.2) is 13.2 Å². The first kappa shape index (κ1) is 24.1. The van der Waals surface area contributed by atoms with E-state index in [1.54, 1.807) is 17.0 Å². The van der Waals surface area contributed by atoms with Crippen LogP contribution < -0.4 is 21.3 Å². The monoisotopic (exact) mass is 461 g/mol. The molecule has 2 aromatic rings. The van der Waals surface area contributed by atoms with Crippen LogP contribution in [0.25, 0.3) is 0 Å². The second kappa shape index (κ2) is 9.93. The molecule has 0 radical (unpaired) electrons. The third kappa shape index (κ3) is 5.44. The number of nitrogens with one attached hydrogen (secondary N) is 3. The number of benzene rings is 2. The Morgan fingerprint density at radius 1 is 1.15 bits per heavy atom. The summed E-state index contributed by atoms with van der Waals surface area (Å²) in [5.41, 5.74) is 6.53. The van der Waals surface area contributed by atoms with Crippen LogP contribution in [0.5, 0.6) is 0 Å². The molecule has 5 N–H and O–H groups in total. The summed E-state index contributed by atoms with van der Waals surface area (Å²) >= 11 is 0. The minimum Gasteiger partial charge on any atom is -0.384 e. The zero-order valence-electron chi connectivity index (χ0n) is 18.1. The molecule has 1 aliphatic rings. The maximum absolute atomic E-state index is 15.8. The van der Waals surface area contributed by atoms with Gasteiger partial charge in [0.05, 0.1) is 5.92 Å². The Morgan fingerprint density at radius 2 is 1.85 bits per heavy atom. The molecule has 1 aliphatic heterocycles. The van der Waals surface area contributed by atoms with Crippen LogP contribution >= 0.6 is 0 Å². The van der Waals surface area contributed by atoms with E-state index in [-0.39, 0.29) is 28.7 Å². The first-order chi connectivity index (χ1) is 15.6. The van der Waals surface area contributed by atoms with Gasteiger partial charge in [-0.2, -0.15) is 0 Å². The molecule has 3 rings (SSSR count). The molecular formula is C23H26F3N5O2. The van der Waals surface area contributed by atoms with Crippen molar-refractivity contribution in [3.05, 3.63) is 54.1 Å². The van der Waals surface area contributed by atoms with Crippen molar-refractivity contribution in [2.75, 3.05) is 22.1 Å². The number of nitrogens with zero attached hydrogens (tertiary/aromatic N) is 1. The van der Waals surface area contributed by atoms with Gasteiger partial charge < -0.3 is 21.3 Å². The van der Waals surface area contributed by atoms with Gasteiger partial charge in [-0.1, -0.05) is 19.1 Å². The number of anilines is 3. The van der Waals surface area contributed by atoms with Gasteiger partial charge in [0.2, 0.25) is 12.3 Å². The maximum Gasteiger partial charge on any atom is 0.283 e. The number of carbonyl (C=O) groups is 2. The third-order valence-corrected chi connectivity index (χ3v) is 5.60. The van der Waals surface area contributed by atoms with Crippen LogP contribution in [0.1, 0.15) is 31.7 Å². The standard InChI is InChI=1S/C23H26F3N5O2/c1-14(20(24)25)23(26,30-17-6-4-5-15(13-17)21(27)28)22(33)29-16-8-10-18(11-9-16)31-12-3-2-7-19(31)32/h4-6,8-11,13-14,20,30H,2-3,7,12H2,1H3,(H3,27,28)(H,29,33). The summed E-state index contributed by atoms with van der Waals surface area (Å²) in [4.78, 5) is 26.5. The second-order valence-corrected chi connectivity index (χ2v) is 7.96. The predicted octanol–water partition coefficient (Wildman–Crippen LogP) is 4.11. The first-order valence-electron chi connectivity index (χ1n) is 10.5. The number of amides is 2. The first-order valence-corrected chi connectivity index (χ1v) is 10.5. The molecule has 0 spiro atoms. The highest BCUT2D eigenvalue weighted by Gasteiger charge is 2.48. The van der Waals surface area contributed by atoms with Crippen LogP contribution in [0.3, 0.4) is 0 Å². The summed E-state index contributed by atoms with van der Waals surface area (Å²) < 4.78 is 42.8. The summed E-state index contributed by atoms with van der Waals surface area (Å²) in [7, 11) is 0. The highest BCUT2D eigenvalue weighted by atomic mass is 19.3. The van der Waals surface area contributed by atoms with Gasteiger partial charge in [0.1, 0.15) is 5.84 Å². The van der Waals surface area contributed by atoms with E-state index in [1.807, 2.05) is 0 Å². The van der Waals surface area contributed by atoms with Crippen LogP contribution in [0.15, 0.2) is 48.5 Å². The van der Waals surface area contributed by atoms with Crippen LogP contribution in [-0.4, -0.2) is 36.4 Å². The van der Waals surface area contributed by atoms with Crippen molar-refractivity contribution in [2.24, 2.45) is 11.7 Å². The predicted molar refractivity (Wildman–Crippen MR) is 121 cm³/mol. The topological polar surface area (TPSA) is 111 Å². The van der Waals surface area contributed by atoms with E-state index < -0.39 is 24.0 Å². The van der Waals surface area contributed by atoms with Crippen molar-refractivity contribution in [1.29, 1.82) is 5.41 Å². The number of amidine groups is 1. The fourth-order valence-electron chi connectivity index (χ4n) is 3.55. The number of carbonyl (C=O) groups excluding carboxylic acids is 2. The lowest BCUT2D eigenvalue weighted by Gasteiger charge is -2.32.